The second kappa shape index (κ2) is 8.36. The Labute approximate surface area is 158 Å². The van der Waals surface area contributed by atoms with Gasteiger partial charge in [0.1, 0.15) is 11.5 Å². The van der Waals surface area contributed by atoms with Crippen molar-refractivity contribution in [3.63, 3.8) is 0 Å². The molecule has 1 fully saturated rings. The zero-order chi connectivity index (χ0) is 18.5. The molecule has 2 aromatic rings. The Kier molecular flexibility index (Phi) is 5.93. The van der Waals surface area contributed by atoms with Crippen LogP contribution in [0.4, 0.5) is 0 Å². The third-order valence-electron chi connectivity index (χ3n) is 4.01. The van der Waals surface area contributed by atoms with Crippen LogP contribution in [0.25, 0.3) is 6.08 Å². The van der Waals surface area contributed by atoms with Gasteiger partial charge in [-0.25, -0.2) is 4.98 Å². The van der Waals surface area contributed by atoms with Crippen molar-refractivity contribution in [1.82, 2.24) is 10.3 Å². The second-order valence-electron chi connectivity index (χ2n) is 6.66. The maximum absolute atomic E-state index is 11.0. The van der Waals surface area contributed by atoms with Crippen LogP contribution in [0.1, 0.15) is 37.1 Å². The van der Waals surface area contributed by atoms with Crippen LogP contribution in [0.5, 0.6) is 16.7 Å². The number of benzene rings is 1. The van der Waals surface area contributed by atoms with Crippen LogP contribution in [0.15, 0.2) is 30.5 Å². The second-order valence-corrected chi connectivity index (χ2v) is 7.69. The van der Waals surface area contributed by atoms with Crippen LogP contribution < -0.4 is 14.8 Å². The molecule has 0 saturated heterocycles. The maximum Gasteiger partial charge on any atom is 0.279 e. The third-order valence-corrected chi connectivity index (χ3v) is 4.85. The highest BCUT2D eigenvalue weighted by Crippen LogP contribution is 2.33. The van der Waals surface area contributed by atoms with Crippen molar-refractivity contribution in [2.45, 2.75) is 39.7 Å². The molecule has 138 valence electrons. The first kappa shape index (κ1) is 18.5. The molecule has 0 spiro atoms. The Hall–Kier alpha value is -2.34. The molecule has 3 rings (SSSR count). The molecule has 1 N–H and O–H groups in total. The number of carbonyl (C=O) groups is 1. The van der Waals surface area contributed by atoms with Crippen LogP contribution in [0.2, 0.25) is 0 Å². The maximum atomic E-state index is 11.0. The Morgan fingerprint density at radius 1 is 1.46 bits per heavy atom. The van der Waals surface area contributed by atoms with E-state index in [2.05, 4.69) is 10.3 Å². The molecule has 1 atom stereocenters. The van der Waals surface area contributed by atoms with Crippen molar-refractivity contribution in [2.75, 3.05) is 6.61 Å². The number of ether oxygens (including phenoxy) is 2. The lowest BCUT2D eigenvalue weighted by molar-refractivity contribution is -0.119. The van der Waals surface area contributed by atoms with Gasteiger partial charge in [0.05, 0.1) is 11.5 Å². The molecular formula is C20H24N2O3S. The minimum atomic E-state index is -0.0458. The summed E-state index contributed by atoms with van der Waals surface area (Å²) < 4.78 is 11.7. The van der Waals surface area contributed by atoms with E-state index in [0.717, 1.165) is 34.5 Å². The number of hydrogen-bond acceptors (Lipinski definition) is 5. The average Bonchev–Trinajstić information content (AvgIpc) is 3.31. The van der Waals surface area contributed by atoms with Crippen molar-refractivity contribution in [3.8, 4) is 16.7 Å². The van der Waals surface area contributed by atoms with Crippen LogP contribution in [-0.4, -0.2) is 23.5 Å². The van der Waals surface area contributed by atoms with Gasteiger partial charge < -0.3 is 14.8 Å². The summed E-state index contributed by atoms with van der Waals surface area (Å²) >= 11 is 1.46. The first-order chi connectivity index (χ1) is 12.5. The summed E-state index contributed by atoms with van der Waals surface area (Å²) in [6, 6.07) is 5.84. The van der Waals surface area contributed by atoms with E-state index in [9.17, 15) is 4.79 Å². The number of amides is 1. The number of carbonyl (C=O) groups excluding carboxylic acids is 1. The lowest BCUT2D eigenvalue weighted by Gasteiger charge is -2.09. The molecule has 1 amide bonds. The van der Waals surface area contributed by atoms with Gasteiger partial charge in [-0.2, -0.15) is 0 Å². The molecule has 1 heterocycles. The SMILES string of the molecule is CC(=O)N[C@@H](C)/C=C/c1cnc(Oc2ccc(OCC3CC3)cc2C)s1. The Bertz CT molecular complexity index is 796. The largest absolute Gasteiger partial charge is 0.493 e. The zero-order valence-electron chi connectivity index (χ0n) is 15.3. The number of nitrogens with zero attached hydrogens (tertiary/aromatic N) is 1. The van der Waals surface area contributed by atoms with Crippen molar-refractivity contribution >= 4 is 23.3 Å². The van der Waals surface area contributed by atoms with Gasteiger partial charge in [0.25, 0.3) is 5.19 Å². The van der Waals surface area contributed by atoms with E-state index in [4.69, 9.17) is 9.47 Å². The Morgan fingerprint density at radius 2 is 2.27 bits per heavy atom. The van der Waals surface area contributed by atoms with E-state index in [1.165, 1.54) is 31.1 Å². The summed E-state index contributed by atoms with van der Waals surface area (Å²) in [6.45, 7) is 6.24. The average molecular weight is 372 g/mol. The topological polar surface area (TPSA) is 60.5 Å². The molecule has 1 saturated carbocycles. The molecule has 1 aromatic carbocycles. The number of thiazole rings is 1. The van der Waals surface area contributed by atoms with Crippen molar-refractivity contribution < 1.29 is 14.3 Å². The Balaban J connectivity index is 1.57. The lowest BCUT2D eigenvalue weighted by Crippen LogP contribution is -2.28. The monoisotopic (exact) mass is 372 g/mol. The van der Waals surface area contributed by atoms with E-state index in [1.54, 1.807) is 6.20 Å². The summed E-state index contributed by atoms with van der Waals surface area (Å²) in [5.41, 5.74) is 1.02. The quantitative estimate of drug-likeness (QED) is 0.737. The smallest absolute Gasteiger partial charge is 0.279 e. The number of rotatable bonds is 8. The van der Waals surface area contributed by atoms with Gasteiger partial charge in [0.15, 0.2) is 0 Å². The van der Waals surface area contributed by atoms with Gasteiger partial charge in [-0.3, -0.25) is 4.79 Å². The highest BCUT2D eigenvalue weighted by Gasteiger charge is 2.22. The summed E-state index contributed by atoms with van der Waals surface area (Å²) in [7, 11) is 0. The predicted molar refractivity (Wildman–Crippen MR) is 104 cm³/mol. The van der Waals surface area contributed by atoms with Crippen LogP contribution in [0.3, 0.4) is 0 Å². The van der Waals surface area contributed by atoms with Crippen molar-refractivity contribution in [2.24, 2.45) is 5.92 Å². The van der Waals surface area contributed by atoms with Gasteiger partial charge >= 0.3 is 0 Å². The lowest BCUT2D eigenvalue weighted by atomic mass is 10.2. The summed E-state index contributed by atoms with van der Waals surface area (Å²) in [5, 5.41) is 3.40. The highest BCUT2D eigenvalue weighted by atomic mass is 32.1. The molecule has 5 nitrogen and oxygen atoms in total. The van der Waals surface area contributed by atoms with Crippen LogP contribution in [0, 0.1) is 12.8 Å². The number of aromatic nitrogens is 1. The van der Waals surface area contributed by atoms with E-state index in [0.29, 0.717) is 5.19 Å². The van der Waals surface area contributed by atoms with Crippen molar-refractivity contribution in [3.05, 3.63) is 40.9 Å². The summed E-state index contributed by atoms with van der Waals surface area (Å²) in [5.74, 6) is 2.36. The van der Waals surface area contributed by atoms with E-state index in [1.807, 2.05) is 44.2 Å². The van der Waals surface area contributed by atoms with E-state index < -0.39 is 0 Å². The molecule has 0 radical (unpaired) electrons. The fourth-order valence-corrected chi connectivity index (χ4v) is 3.11. The van der Waals surface area contributed by atoms with E-state index in [-0.39, 0.29) is 11.9 Å². The number of nitrogens with one attached hydrogen (secondary N) is 1. The molecule has 1 aliphatic rings. The Morgan fingerprint density at radius 3 is 2.96 bits per heavy atom. The molecule has 0 bridgehead atoms. The van der Waals surface area contributed by atoms with Gasteiger partial charge in [-0.15, -0.1) is 0 Å². The van der Waals surface area contributed by atoms with E-state index >= 15 is 0 Å². The standard InChI is InChI=1S/C20H24N2O3S/c1-13-10-17(24-12-16-5-6-16)7-9-19(13)25-20-21-11-18(26-20)8-4-14(2)22-15(3)23/h4,7-11,14,16H,5-6,12H2,1-3H3,(H,22,23)/b8-4+/t14-/m0/s1. The predicted octanol–water partition coefficient (Wildman–Crippen LogP) is 4.57. The zero-order valence-corrected chi connectivity index (χ0v) is 16.1. The minimum absolute atomic E-state index is 0.0237. The molecule has 0 aliphatic heterocycles. The minimum Gasteiger partial charge on any atom is -0.493 e. The van der Waals surface area contributed by atoms with Crippen LogP contribution in [-0.2, 0) is 4.79 Å². The van der Waals surface area contributed by atoms with Crippen LogP contribution >= 0.6 is 11.3 Å². The molecule has 0 unspecified atom stereocenters. The first-order valence-electron chi connectivity index (χ1n) is 8.82. The fourth-order valence-electron chi connectivity index (χ4n) is 2.42. The van der Waals surface area contributed by atoms with Gasteiger partial charge in [0.2, 0.25) is 5.91 Å². The first-order valence-corrected chi connectivity index (χ1v) is 9.63. The fraction of sp³-hybridized carbons (Fsp3) is 0.400. The van der Waals surface area contributed by atoms with Gasteiger partial charge in [-0.05, 0) is 62.4 Å². The van der Waals surface area contributed by atoms with Crippen molar-refractivity contribution in [1.29, 1.82) is 0 Å². The third kappa shape index (κ3) is 5.59. The number of aryl methyl sites for hydroxylation is 1. The molecular weight excluding hydrogens is 348 g/mol. The highest BCUT2D eigenvalue weighted by molar-refractivity contribution is 7.14. The molecule has 1 aromatic heterocycles. The number of hydrogen-bond donors (Lipinski definition) is 1. The summed E-state index contributed by atoms with van der Waals surface area (Å²) in [4.78, 5) is 16.3. The normalized spacial score (nSPS) is 15.0. The molecule has 26 heavy (non-hydrogen) atoms. The summed E-state index contributed by atoms with van der Waals surface area (Å²) in [6.07, 6.45) is 8.19. The molecule has 1 aliphatic carbocycles. The van der Waals surface area contributed by atoms with Gasteiger partial charge in [-0.1, -0.05) is 17.4 Å². The molecule has 6 heteroatoms. The van der Waals surface area contributed by atoms with Gasteiger partial charge in [0, 0.05) is 19.2 Å².